The quantitative estimate of drug-likeness (QED) is 0.583. The van der Waals surface area contributed by atoms with Crippen LogP contribution < -0.4 is 14.4 Å². The first-order valence-electron chi connectivity index (χ1n) is 9.07. The van der Waals surface area contributed by atoms with Crippen molar-refractivity contribution in [3.05, 3.63) is 59.9 Å². The highest BCUT2D eigenvalue weighted by Gasteiger charge is 2.23. The fraction of sp³-hybridized carbons (Fsp3) is 0.227. The predicted molar refractivity (Wildman–Crippen MR) is 107 cm³/mol. The lowest BCUT2D eigenvalue weighted by Crippen LogP contribution is -2.16. The highest BCUT2D eigenvalue weighted by molar-refractivity contribution is 6.06. The number of rotatable bonds is 6. The van der Waals surface area contributed by atoms with Crippen molar-refractivity contribution in [3.63, 3.8) is 0 Å². The van der Waals surface area contributed by atoms with Gasteiger partial charge in [0.05, 0.1) is 6.61 Å². The van der Waals surface area contributed by atoms with Crippen LogP contribution in [-0.4, -0.2) is 26.4 Å². The molecule has 0 N–H and O–H groups in total. The molecule has 28 heavy (non-hydrogen) atoms. The summed E-state index contributed by atoms with van der Waals surface area (Å²) in [6.45, 7) is 6.71. The number of esters is 1. The molecule has 0 saturated carbocycles. The molecule has 6 nitrogen and oxygen atoms in total. The number of carbonyl (C=O) groups is 1. The Balaban J connectivity index is 1.71. The highest BCUT2D eigenvalue weighted by Crippen LogP contribution is 2.37. The zero-order chi connectivity index (χ0) is 19.7. The first-order chi connectivity index (χ1) is 13.6. The minimum absolute atomic E-state index is 0.217. The number of benzene rings is 2. The van der Waals surface area contributed by atoms with E-state index in [4.69, 9.17) is 18.6 Å². The first-order valence-corrected chi connectivity index (χ1v) is 9.07. The van der Waals surface area contributed by atoms with Crippen LogP contribution in [0, 0.1) is 0 Å². The summed E-state index contributed by atoms with van der Waals surface area (Å²) in [4.78, 5) is 14.3. The topological polar surface area (TPSA) is 61.1 Å². The third-order valence-electron chi connectivity index (χ3n) is 4.67. The van der Waals surface area contributed by atoms with Crippen LogP contribution in [0.2, 0.25) is 0 Å². The number of nitrogens with zero attached hydrogens (tertiary/aromatic N) is 1. The SMILES string of the molecule is C=Cc1cc2c(cc1CN(C)c1oc(C(=O)OCC)c3ccccc13)OCO2. The van der Waals surface area contributed by atoms with E-state index in [0.29, 0.717) is 30.5 Å². The lowest BCUT2D eigenvalue weighted by atomic mass is 10.1. The van der Waals surface area contributed by atoms with Crippen LogP contribution in [0.4, 0.5) is 5.88 Å². The van der Waals surface area contributed by atoms with Crippen LogP contribution in [-0.2, 0) is 11.3 Å². The van der Waals surface area contributed by atoms with E-state index in [1.165, 1.54) is 0 Å². The number of hydrogen-bond donors (Lipinski definition) is 0. The van der Waals surface area contributed by atoms with Crippen LogP contribution in [0.1, 0.15) is 28.6 Å². The Morgan fingerprint density at radius 3 is 2.64 bits per heavy atom. The Bertz CT molecular complexity index is 1050. The van der Waals surface area contributed by atoms with E-state index in [1.807, 2.05) is 48.3 Å². The molecule has 4 rings (SSSR count). The molecule has 0 spiro atoms. The van der Waals surface area contributed by atoms with Gasteiger partial charge in [-0.05, 0) is 36.2 Å². The molecule has 1 aliphatic heterocycles. The van der Waals surface area contributed by atoms with Crippen molar-refractivity contribution in [2.45, 2.75) is 13.5 Å². The van der Waals surface area contributed by atoms with Crippen molar-refractivity contribution in [1.29, 1.82) is 0 Å². The van der Waals surface area contributed by atoms with Crippen molar-refractivity contribution in [3.8, 4) is 11.5 Å². The minimum Gasteiger partial charge on any atom is -0.460 e. The fourth-order valence-electron chi connectivity index (χ4n) is 3.36. The van der Waals surface area contributed by atoms with Gasteiger partial charge in [0.2, 0.25) is 18.4 Å². The Labute approximate surface area is 162 Å². The largest absolute Gasteiger partial charge is 0.460 e. The molecule has 0 fully saturated rings. The fourth-order valence-corrected chi connectivity index (χ4v) is 3.36. The molecule has 0 aliphatic carbocycles. The summed E-state index contributed by atoms with van der Waals surface area (Å²) >= 11 is 0. The van der Waals surface area contributed by atoms with Crippen molar-refractivity contribution < 1.29 is 23.4 Å². The van der Waals surface area contributed by atoms with Gasteiger partial charge < -0.3 is 23.5 Å². The van der Waals surface area contributed by atoms with Crippen LogP contribution in [0.15, 0.2) is 47.4 Å². The lowest BCUT2D eigenvalue weighted by Gasteiger charge is -2.18. The maximum absolute atomic E-state index is 12.3. The van der Waals surface area contributed by atoms with Gasteiger partial charge in [0.25, 0.3) is 0 Å². The third kappa shape index (κ3) is 3.07. The number of ether oxygens (including phenoxy) is 3. The molecule has 2 aromatic carbocycles. The van der Waals surface area contributed by atoms with Crippen molar-refractivity contribution >= 4 is 28.7 Å². The summed E-state index contributed by atoms with van der Waals surface area (Å²) in [6.07, 6.45) is 1.79. The van der Waals surface area contributed by atoms with Gasteiger partial charge in [-0.3, -0.25) is 0 Å². The van der Waals surface area contributed by atoms with E-state index in [-0.39, 0.29) is 12.6 Å². The van der Waals surface area contributed by atoms with Gasteiger partial charge in [-0.25, -0.2) is 4.79 Å². The minimum atomic E-state index is -0.465. The first kappa shape index (κ1) is 18.0. The molecule has 0 unspecified atom stereocenters. The van der Waals surface area contributed by atoms with Crippen LogP contribution >= 0.6 is 0 Å². The summed E-state index contributed by atoms with van der Waals surface area (Å²) in [5, 5.41) is 1.59. The zero-order valence-electron chi connectivity index (χ0n) is 15.9. The van der Waals surface area contributed by atoms with E-state index in [1.54, 1.807) is 13.0 Å². The van der Waals surface area contributed by atoms with Gasteiger partial charge in [0.1, 0.15) is 0 Å². The van der Waals surface area contributed by atoms with E-state index in [9.17, 15) is 4.79 Å². The summed E-state index contributed by atoms with van der Waals surface area (Å²) in [6, 6.07) is 11.5. The van der Waals surface area contributed by atoms with Crippen LogP contribution in [0.5, 0.6) is 11.5 Å². The van der Waals surface area contributed by atoms with Gasteiger partial charge in [-0.15, -0.1) is 0 Å². The standard InChI is InChI=1S/C22H21NO5/c1-4-14-10-18-19(27-13-26-18)11-15(14)12-23(3)21-17-9-7-6-8-16(17)20(28-21)22(24)25-5-2/h4,6-11H,1,5,12-13H2,2-3H3. The van der Waals surface area contributed by atoms with E-state index < -0.39 is 5.97 Å². The number of hydrogen-bond acceptors (Lipinski definition) is 6. The average Bonchev–Trinajstić information content (AvgIpc) is 3.31. The smallest absolute Gasteiger partial charge is 0.374 e. The molecule has 2 heterocycles. The number of furan rings is 1. The summed E-state index contributed by atoms with van der Waals surface area (Å²) in [5.74, 6) is 1.79. The van der Waals surface area contributed by atoms with Gasteiger partial charge in [0, 0.05) is 24.4 Å². The summed E-state index contributed by atoms with van der Waals surface area (Å²) < 4.78 is 22.0. The zero-order valence-corrected chi connectivity index (χ0v) is 15.9. The summed E-state index contributed by atoms with van der Waals surface area (Å²) in [7, 11) is 1.91. The van der Waals surface area contributed by atoms with Crippen molar-refractivity contribution in [2.24, 2.45) is 0 Å². The average molecular weight is 379 g/mol. The second-order valence-electron chi connectivity index (χ2n) is 6.47. The molecule has 6 heteroatoms. The van der Waals surface area contributed by atoms with E-state index in [0.717, 1.165) is 21.9 Å². The van der Waals surface area contributed by atoms with Crippen molar-refractivity contribution in [2.75, 3.05) is 25.3 Å². The second-order valence-corrected chi connectivity index (χ2v) is 6.47. The Morgan fingerprint density at radius 1 is 1.21 bits per heavy atom. The molecule has 0 radical (unpaired) electrons. The van der Waals surface area contributed by atoms with Crippen LogP contribution in [0.3, 0.4) is 0 Å². The monoisotopic (exact) mass is 379 g/mol. The molecule has 1 aliphatic rings. The molecular weight excluding hydrogens is 358 g/mol. The van der Waals surface area contributed by atoms with Gasteiger partial charge in [-0.2, -0.15) is 0 Å². The molecule has 0 amide bonds. The molecule has 0 saturated heterocycles. The van der Waals surface area contributed by atoms with E-state index in [2.05, 4.69) is 6.58 Å². The Morgan fingerprint density at radius 2 is 1.93 bits per heavy atom. The number of carbonyl (C=O) groups excluding carboxylic acids is 1. The Hall–Kier alpha value is -3.41. The summed E-state index contributed by atoms with van der Waals surface area (Å²) in [5.41, 5.74) is 1.97. The van der Waals surface area contributed by atoms with Gasteiger partial charge >= 0.3 is 5.97 Å². The predicted octanol–water partition coefficient (Wildman–Crippen LogP) is 4.62. The highest BCUT2D eigenvalue weighted by atomic mass is 16.7. The van der Waals surface area contributed by atoms with Gasteiger partial charge in [0.15, 0.2) is 11.5 Å². The van der Waals surface area contributed by atoms with Crippen LogP contribution in [0.25, 0.3) is 16.8 Å². The second kappa shape index (κ2) is 7.31. The maximum atomic E-state index is 12.3. The van der Waals surface area contributed by atoms with Crippen molar-refractivity contribution in [1.82, 2.24) is 0 Å². The maximum Gasteiger partial charge on any atom is 0.374 e. The normalized spacial score (nSPS) is 12.2. The molecule has 144 valence electrons. The number of anilines is 1. The Kier molecular flexibility index (Phi) is 4.69. The number of fused-ring (bicyclic) bond motifs is 2. The molecular formula is C22H21NO5. The van der Waals surface area contributed by atoms with Gasteiger partial charge in [-0.1, -0.05) is 30.9 Å². The molecule has 3 aromatic rings. The molecule has 0 atom stereocenters. The molecule has 1 aromatic heterocycles. The van der Waals surface area contributed by atoms with E-state index >= 15 is 0 Å². The lowest BCUT2D eigenvalue weighted by molar-refractivity contribution is 0.0494. The third-order valence-corrected chi connectivity index (χ3v) is 4.67. The molecule has 0 bridgehead atoms.